The van der Waals surface area contributed by atoms with Crippen LogP contribution in [0.2, 0.25) is 0 Å². The van der Waals surface area contributed by atoms with E-state index >= 15 is 0 Å². The highest BCUT2D eigenvalue weighted by atomic mass is 16.5. The quantitative estimate of drug-likeness (QED) is 0.641. The van der Waals surface area contributed by atoms with Gasteiger partial charge in [0.15, 0.2) is 0 Å². The van der Waals surface area contributed by atoms with Crippen LogP contribution in [0.1, 0.15) is 25.5 Å². The SMILES string of the molecule is CCOc1ccccc1C(C)NCCNC(N)=O. The standard InChI is InChI=1S/C13H21N3O2/c1-3-18-12-7-5-4-6-11(12)10(2)15-8-9-16-13(14)17/h4-7,10,15H,3,8-9H2,1-2H3,(H3,14,16,17). The van der Waals surface area contributed by atoms with E-state index in [0.29, 0.717) is 19.7 Å². The number of rotatable bonds is 7. The summed E-state index contributed by atoms with van der Waals surface area (Å²) in [6, 6.07) is 7.58. The third-order valence-electron chi connectivity index (χ3n) is 2.56. The minimum absolute atomic E-state index is 0.155. The molecule has 18 heavy (non-hydrogen) atoms. The van der Waals surface area contributed by atoms with Gasteiger partial charge in [-0.05, 0) is 19.9 Å². The maximum atomic E-state index is 10.5. The predicted molar refractivity (Wildman–Crippen MR) is 71.6 cm³/mol. The van der Waals surface area contributed by atoms with Gasteiger partial charge in [-0.2, -0.15) is 0 Å². The Kier molecular flexibility index (Phi) is 6.00. The molecular formula is C13H21N3O2. The monoisotopic (exact) mass is 251 g/mol. The number of ether oxygens (including phenoxy) is 1. The third-order valence-corrected chi connectivity index (χ3v) is 2.56. The van der Waals surface area contributed by atoms with Crippen LogP contribution >= 0.6 is 0 Å². The second-order valence-corrected chi connectivity index (χ2v) is 3.94. The van der Waals surface area contributed by atoms with Crippen molar-refractivity contribution < 1.29 is 9.53 Å². The van der Waals surface area contributed by atoms with Gasteiger partial charge in [-0.1, -0.05) is 18.2 Å². The molecule has 0 saturated heterocycles. The highest BCUT2D eigenvalue weighted by Gasteiger charge is 2.09. The first-order valence-electron chi connectivity index (χ1n) is 6.13. The normalized spacial score (nSPS) is 11.9. The summed E-state index contributed by atoms with van der Waals surface area (Å²) in [7, 11) is 0. The second kappa shape index (κ2) is 7.55. The van der Waals surface area contributed by atoms with Crippen molar-refractivity contribution in [3.63, 3.8) is 0 Å². The lowest BCUT2D eigenvalue weighted by Crippen LogP contribution is -2.36. The molecule has 2 amide bonds. The highest BCUT2D eigenvalue weighted by Crippen LogP contribution is 2.24. The topological polar surface area (TPSA) is 76.4 Å². The molecule has 0 spiro atoms. The molecule has 0 heterocycles. The molecule has 5 nitrogen and oxygen atoms in total. The van der Waals surface area contributed by atoms with Gasteiger partial charge >= 0.3 is 6.03 Å². The van der Waals surface area contributed by atoms with Crippen LogP contribution in [0.25, 0.3) is 0 Å². The van der Waals surface area contributed by atoms with Crippen LogP contribution in [-0.4, -0.2) is 25.7 Å². The smallest absolute Gasteiger partial charge is 0.312 e. The summed E-state index contributed by atoms with van der Waals surface area (Å²) in [5.41, 5.74) is 6.10. The first kappa shape index (κ1) is 14.3. The Bertz CT molecular complexity index is 382. The van der Waals surface area contributed by atoms with E-state index in [-0.39, 0.29) is 6.04 Å². The Labute approximate surface area is 108 Å². The molecule has 1 rings (SSSR count). The van der Waals surface area contributed by atoms with E-state index < -0.39 is 6.03 Å². The molecule has 0 saturated carbocycles. The molecular weight excluding hydrogens is 230 g/mol. The van der Waals surface area contributed by atoms with Crippen molar-refractivity contribution in [2.24, 2.45) is 5.73 Å². The van der Waals surface area contributed by atoms with Crippen LogP contribution in [0.15, 0.2) is 24.3 Å². The molecule has 1 unspecified atom stereocenters. The van der Waals surface area contributed by atoms with Crippen LogP contribution in [0.5, 0.6) is 5.75 Å². The third kappa shape index (κ3) is 4.63. The lowest BCUT2D eigenvalue weighted by molar-refractivity contribution is 0.249. The van der Waals surface area contributed by atoms with E-state index in [1.54, 1.807) is 0 Å². The van der Waals surface area contributed by atoms with Crippen molar-refractivity contribution in [2.45, 2.75) is 19.9 Å². The number of hydrogen-bond donors (Lipinski definition) is 3. The van der Waals surface area contributed by atoms with Gasteiger partial charge in [-0.3, -0.25) is 0 Å². The molecule has 0 aromatic heterocycles. The van der Waals surface area contributed by atoms with E-state index in [9.17, 15) is 4.79 Å². The summed E-state index contributed by atoms with van der Waals surface area (Å²) in [6.45, 7) is 5.84. The summed E-state index contributed by atoms with van der Waals surface area (Å²) >= 11 is 0. The van der Waals surface area contributed by atoms with E-state index in [4.69, 9.17) is 10.5 Å². The maximum absolute atomic E-state index is 10.5. The number of nitrogens with one attached hydrogen (secondary N) is 2. The maximum Gasteiger partial charge on any atom is 0.312 e. The van der Waals surface area contributed by atoms with Gasteiger partial charge in [0, 0.05) is 24.7 Å². The Morgan fingerprint density at radius 2 is 2.11 bits per heavy atom. The first-order valence-corrected chi connectivity index (χ1v) is 6.13. The summed E-state index contributed by atoms with van der Waals surface area (Å²) in [4.78, 5) is 10.5. The Hall–Kier alpha value is -1.75. The van der Waals surface area contributed by atoms with Gasteiger partial charge in [-0.25, -0.2) is 4.79 Å². The van der Waals surface area contributed by atoms with Gasteiger partial charge in [0.2, 0.25) is 0 Å². The molecule has 0 fully saturated rings. The van der Waals surface area contributed by atoms with Crippen molar-refractivity contribution in [1.29, 1.82) is 0 Å². The summed E-state index contributed by atoms with van der Waals surface area (Å²) in [5, 5.41) is 5.84. The summed E-state index contributed by atoms with van der Waals surface area (Å²) < 4.78 is 5.57. The number of carbonyl (C=O) groups excluding carboxylic acids is 1. The lowest BCUT2D eigenvalue weighted by atomic mass is 10.1. The molecule has 5 heteroatoms. The van der Waals surface area contributed by atoms with Gasteiger partial charge in [0.1, 0.15) is 5.75 Å². The fraction of sp³-hybridized carbons (Fsp3) is 0.462. The Balaban J connectivity index is 2.50. The number of urea groups is 1. The number of carbonyl (C=O) groups is 1. The highest BCUT2D eigenvalue weighted by molar-refractivity contribution is 5.71. The number of hydrogen-bond acceptors (Lipinski definition) is 3. The molecule has 0 aliphatic carbocycles. The lowest BCUT2D eigenvalue weighted by Gasteiger charge is -2.17. The van der Waals surface area contributed by atoms with Crippen LogP contribution < -0.4 is 21.1 Å². The molecule has 100 valence electrons. The molecule has 0 radical (unpaired) electrons. The first-order chi connectivity index (χ1) is 8.65. The van der Waals surface area contributed by atoms with Crippen molar-refractivity contribution in [1.82, 2.24) is 10.6 Å². The van der Waals surface area contributed by atoms with Crippen molar-refractivity contribution in [2.75, 3.05) is 19.7 Å². The molecule has 1 aromatic carbocycles. The molecule has 4 N–H and O–H groups in total. The predicted octanol–water partition coefficient (Wildman–Crippen LogP) is 1.40. The van der Waals surface area contributed by atoms with Crippen LogP contribution in [0, 0.1) is 0 Å². The number of primary amides is 1. The fourth-order valence-electron chi connectivity index (χ4n) is 1.71. The van der Waals surface area contributed by atoms with Crippen LogP contribution in [-0.2, 0) is 0 Å². The van der Waals surface area contributed by atoms with E-state index in [0.717, 1.165) is 11.3 Å². The molecule has 1 aromatic rings. The summed E-state index contributed by atoms with van der Waals surface area (Å²) in [5.74, 6) is 0.892. The number of nitrogens with two attached hydrogens (primary N) is 1. The van der Waals surface area contributed by atoms with Crippen molar-refractivity contribution in [3.05, 3.63) is 29.8 Å². The minimum Gasteiger partial charge on any atom is -0.494 e. The van der Waals surface area contributed by atoms with Crippen LogP contribution in [0.3, 0.4) is 0 Å². The molecule has 1 atom stereocenters. The van der Waals surface area contributed by atoms with E-state index in [1.165, 1.54) is 0 Å². The second-order valence-electron chi connectivity index (χ2n) is 3.94. The van der Waals surface area contributed by atoms with Crippen molar-refractivity contribution in [3.8, 4) is 5.75 Å². The van der Waals surface area contributed by atoms with Crippen molar-refractivity contribution >= 4 is 6.03 Å². The number of amides is 2. The van der Waals surface area contributed by atoms with Gasteiger partial charge in [0.05, 0.1) is 6.61 Å². The zero-order chi connectivity index (χ0) is 13.4. The average Bonchev–Trinajstić information content (AvgIpc) is 2.35. The zero-order valence-electron chi connectivity index (χ0n) is 10.9. The fourth-order valence-corrected chi connectivity index (χ4v) is 1.71. The minimum atomic E-state index is -0.501. The largest absolute Gasteiger partial charge is 0.494 e. The van der Waals surface area contributed by atoms with Crippen LogP contribution in [0.4, 0.5) is 4.79 Å². The molecule has 0 bridgehead atoms. The Morgan fingerprint density at radius 3 is 2.78 bits per heavy atom. The number of para-hydroxylation sites is 1. The van der Waals surface area contributed by atoms with E-state index in [1.807, 2.05) is 31.2 Å². The average molecular weight is 251 g/mol. The molecule has 0 aliphatic heterocycles. The number of benzene rings is 1. The Morgan fingerprint density at radius 1 is 1.39 bits per heavy atom. The van der Waals surface area contributed by atoms with Gasteiger partial charge < -0.3 is 21.1 Å². The van der Waals surface area contributed by atoms with Gasteiger partial charge in [0.25, 0.3) is 0 Å². The van der Waals surface area contributed by atoms with E-state index in [2.05, 4.69) is 17.6 Å². The molecule has 0 aliphatic rings. The zero-order valence-corrected chi connectivity index (χ0v) is 10.9. The van der Waals surface area contributed by atoms with Gasteiger partial charge in [-0.15, -0.1) is 0 Å². The summed E-state index contributed by atoms with van der Waals surface area (Å²) in [6.07, 6.45) is 0.